The zero-order chi connectivity index (χ0) is 35.0. The van der Waals surface area contributed by atoms with Crippen molar-refractivity contribution >= 4 is 21.8 Å². The summed E-state index contributed by atoms with van der Waals surface area (Å²) < 4.78 is 2.32. The molecule has 52 heavy (non-hydrogen) atoms. The number of nitriles is 1. The number of hydrogen-bond donors (Lipinski definition) is 0. The zero-order valence-electron chi connectivity index (χ0n) is 28.4. The highest BCUT2D eigenvalue weighted by atomic mass is 15.1. The van der Waals surface area contributed by atoms with Crippen LogP contribution in [0.3, 0.4) is 0 Å². The molecule has 244 valence electrons. The number of para-hydroxylation sites is 1. The topological polar surface area (TPSA) is 67.4 Å². The van der Waals surface area contributed by atoms with Gasteiger partial charge in [-0.25, -0.2) is 15.0 Å². The molecule has 0 N–H and O–H groups in total. The Bertz CT molecular complexity index is 2740. The molecule has 0 bridgehead atoms. The fraction of sp³-hybridized carbons (Fsp3) is 0.0213. The summed E-state index contributed by atoms with van der Waals surface area (Å²) >= 11 is 0. The van der Waals surface area contributed by atoms with Crippen LogP contribution in [-0.4, -0.2) is 19.5 Å². The average molecular weight is 666 g/mol. The lowest BCUT2D eigenvalue weighted by Gasteiger charge is -2.16. The van der Waals surface area contributed by atoms with Gasteiger partial charge in [0.15, 0.2) is 17.5 Å². The lowest BCUT2D eigenvalue weighted by Crippen LogP contribution is -2.04. The minimum Gasteiger partial charge on any atom is -0.308 e. The molecule has 0 atom stereocenters. The van der Waals surface area contributed by atoms with Crippen molar-refractivity contribution in [2.45, 2.75) is 6.92 Å². The van der Waals surface area contributed by atoms with Crippen molar-refractivity contribution in [2.24, 2.45) is 0 Å². The third-order valence-corrected chi connectivity index (χ3v) is 9.56. The molecule has 0 amide bonds. The molecule has 2 heterocycles. The summed E-state index contributed by atoms with van der Waals surface area (Å²) in [7, 11) is 0. The predicted molar refractivity (Wildman–Crippen MR) is 211 cm³/mol. The van der Waals surface area contributed by atoms with Gasteiger partial charge >= 0.3 is 0 Å². The molecule has 0 saturated carbocycles. The Labute approximate surface area is 301 Å². The quantitative estimate of drug-likeness (QED) is 0.177. The molecule has 0 saturated heterocycles. The van der Waals surface area contributed by atoms with E-state index in [1.54, 1.807) is 0 Å². The molecule has 5 heteroatoms. The van der Waals surface area contributed by atoms with E-state index in [4.69, 9.17) is 15.0 Å². The fourth-order valence-corrected chi connectivity index (χ4v) is 6.94. The standard InChI is InChI=1S/C47H31N5/c1-31-19-21-33(22-20-31)37-24-26-43-41(28-37)39-17-8-9-18-42(39)52(43)44-29-38(36-16-10-11-32(27-36)30-48)23-25-40(44)47-50-45(34-12-4-2-5-13-34)49-46(51-47)35-14-6-3-7-15-35/h2-29H,1H3. The lowest BCUT2D eigenvalue weighted by atomic mass is 9.99. The third kappa shape index (κ3) is 5.59. The number of fused-ring (bicyclic) bond motifs is 3. The molecule has 0 fully saturated rings. The molecule has 0 spiro atoms. The Kier molecular flexibility index (Phi) is 7.68. The number of nitrogens with zero attached hydrogens (tertiary/aromatic N) is 5. The van der Waals surface area contributed by atoms with E-state index in [9.17, 15) is 5.26 Å². The molecular weight excluding hydrogens is 635 g/mol. The highest BCUT2D eigenvalue weighted by Crippen LogP contribution is 2.39. The predicted octanol–water partition coefficient (Wildman–Crippen LogP) is 11.5. The van der Waals surface area contributed by atoms with E-state index in [1.165, 1.54) is 11.1 Å². The van der Waals surface area contributed by atoms with Gasteiger partial charge in [0.1, 0.15) is 0 Å². The van der Waals surface area contributed by atoms with E-state index in [-0.39, 0.29) is 0 Å². The van der Waals surface area contributed by atoms with E-state index >= 15 is 0 Å². The van der Waals surface area contributed by atoms with Gasteiger partial charge in [-0.2, -0.15) is 5.26 Å². The van der Waals surface area contributed by atoms with Crippen molar-refractivity contribution in [3.8, 4) is 68.2 Å². The average Bonchev–Trinajstić information content (AvgIpc) is 3.55. The summed E-state index contributed by atoms with van der Waals surface area (Å²) in [6.07, 6.45) is 0. The van der Waals surface area contributed by atoms with Crippen LogP contribution in [0.2, 0.25) is 0 Å². The lowest BCUT2D eigenvalue weighted by molar-refractivity contribution is 1.06. The molecule has 0 aliphatic rings. The van der Waals surface area contributed by atoms with Crippen LogP contribution in [0.4, 0.5) is 0 Å². The Hall–Kier alpha value is -7.16. The maximum Gasteiger partial charge on any atom is 0.166 e. The normalized spacial score (nSPS) is 11.2. The SMILES string of the molecule is Cc1ccc(-c2ccc3c(c2)c2ccccc2n3-c2cc(-c3cccc(C#N)c3)ccc2-c2nc(-c3ccccc3)nc(-c3ccccc3)n2)cc1. The summed E-state index contributed by atoms with van der Waals surface area (Å²) in [6, 6.07) is 60.5. The van der Waals surface area contributed by atoms with Crippen LogP contribution in [0.1, 0.15) is 11.1 Å². The van der Waals surface area contributed by atoms with Crippen molar-refractivity contribution in [3.63, 3.8) is 0 Å². The number of rotatable bonds is 6. The second-order valence-electron chi connectivity index (χ2n) is 12.9. The van der Waals surface area contributed by atoms with Gasteiger partial charge in [-0.1, -0.05) is 133 Å². The largest absolute Gasteiger partial charge is 0.308 e. The number of aromatic nitrogens is 4. The first-order valence-corrected chi connectivity index (χ1v) is 17.3. The van der Waals surface area contributed by atoms with E-state index in [1.807, 2.05) is 84.9 Å². The summed E-state index contributed by atoms with van der Waals surface area (Å²) in [5.74, 6) is 1.78. The minimum absolute atomic E-state index is 0.572. The molecule has 0 unspecified atom stereocenters. The minimum atomic E-state index is 0.572. The van der Waals surface area contributed by atoms with Crippen molar-refractivity contribution in [1.29, 1.82) is 5.26 Å². The summed E-state index contributed by atoms with van der Waals surface area (Å²) in [5, 5.41) is 12.0. The number of aryl methyl sites for hydroxylation is 1. The van der Waals surface area contributed by atoms with Crippen molar-refractivity contribution in [3.05, 3.63) is 181 Å². The van der Waals surface area contributed by atoms with Gasteiger partial charge < -0.3 is 4.57 Å². The maximum absolute atomic E-state index is 9.72. The van der Waals surface area contributed by atoms with Crippen LogP contribution in [0, 0.1) is 18.3 Å². The molecule has 5 nitrogen and oxygen atoms in total. The highest BCUT2D eigenvalue weighted by Gasteiger charge is 2.21. The smallest absolute Gasteiger partial charge is 0.166 e. The molecule has 9 aromatic rings. The van der Waals surface area contributed by atoms with Crippen molar-refractivity contribution < 1.29 is 0 Å². The fourth-order valence-electron chi connectivity index (χ4n) is 6.94. The number of benzene rings is 7. The summed E-state index contributed by atoms with van der Waals surface area (Å²) in [5.41, 5.74) is 11.9. The van der Waals surface area contributed by atoms with E-state index in [0.29, 0.717) is 23.0 Å². The Morgan fingerprint density at radius 2 is 1.00 bits per heavy atom. The molecule has 0 aliphatic carbocycles. The number of hydrogen-bond acceptors (Lipinski definition) is 4. The molecule has 0 radical (unpaired) electrons. The molecule has 9 rings (SSSR count). The monoisotopic (exact) mass is 665 g/mol. The molecule has 2 aromatic heterocycles. The van der Waals surface area contributed by atoms with Gasteiger partial charge in [0, 0.05) is 27.5 Å². The Morgan fingerprint density at radius 1 is 0.442 bits per heavy atom. The first-order chi connectivity index (χ1) is 25.6. The third-order valence-electron chi connectivity index (χ3n) is 9.56. The van der Waals surface area contributed by atoms with Gasteiger partial charge in [0.05, 0.1) is 28.4 Å². The molecule has 7 aromatic carbocycles. The van der Waals surface area contributed by atoms with Gasteiger partial charge in [-0.05, 0) is 71.6 Å². The van der Waals surface area contributed by atoms with E-state index in [0.717, 1.165) is 60.9 Å². The second kappa shape index (κ2) is 12.9. The van der Waals surface area contributed by atoms with Crippen LogP contribution < -0.4 is 0 Å². The van der Waals surface area contributed by atoms with Crippen LogP contribution in [0.15, 0.2) is 170 Å². The first-order valence-electron chi connectivity index (χ1n) is 17.3. The van der Waals surface area contributed by atoms with Gasteiger partial charge in [-0.3, -0.25) is 0 Å². The van der Waals surface area contributed by atoms with E-state index in [2.05, 4.69) is 102 Å². The van der Waals surface area contributed by atoms with Crippen molar-refractivity contribution in [1.82, 2.24) is 19.5 Å². The van der Waals surface area contributed by atoms with Crippen LogP contribution in [0.25, 0.3) is 83.9 Å². The van der Waals surface area contributed by atoms with Gasteiger partial charge in [0.25, 0.3) is 0 Å². The van der Waals surface area contributed by atoms with Crippen LogP contribution in [-0.2, 0) is 0 Å². The Morgan fingerprint density at radius 3 is 1.71 bits per heavy atom. The maximum atomic E-state index is 9.72. The molecule has 0 aliphatic heterocycles. The molecular formula is C47H31N5. The highest BCUT2D eigenvalue weighted by molar-refractivity contribution is 6.11. The van der Waals surface area contributed by atoms with Gasteiger partial charge in [-0.15, -0.1) is 0 Å². The van der Waals surface area contributed by atoms with Crippen LogP contribution in [0.5, 0.6) is 0 Å². The van der Waals surface area contributed by atoms with Crippen molar-refractivity contribution in [2.75, 3.05) is 0 Å². The van der Waals surface area contributed by atoms with E-state index < -0.39 is 0 Å². The second-order valence-corrected chi connectivity index (χ2v) is 12.9. The first kappa shape index (κ1) is 30.9. The van der Waals surface area contributed by atoms with Gasteiger partial charge in [0.2, 0.25) is 0 Å². The Balaban J connectivity index is 1.34. The summed E-state index contributed by atoms with van der Waals surface area (Å²) in [6.45, 7) is 2.11. The zero-order valence-corrected chi connectivity index (χ0v) is 28.4. The summed E-state index contributed by atoms with van der Waals surface area (Å²) in [4.78, 5) is 15.2. The van der Waals surface area contributed by atoms with Crippen LogP contribution >= 0.6 is 0 Å².